The number of rotatable bonds is 6. The van der Waals surface area contributed by atoms with Crippen LogP contribution >= 0.6 is 0 Å². The number of nitrogens with one attached hydrogen (secondary N) is 1. The van der Waals surface area contributed by atoms with Gasteiger partial charge in [-0.25, -0.2) is 10.2 Å². The van der Waals surface area contributed by atoms with Crippen LogP contribution in [-0.4, -0.2) is 11.7 Å². The molecule has 0 spiro atoms. The minimum Gasteiger partial charge on any atom is -0.350 e. The van der Waals surface area contributed by atoms with Crippen molar-refractivity contribution in [1.82, 2.24) is 5.43 Å². The Labute approximate surface area is 208 Å². The van der Waals surface area contributed by atoms with E-state index in [-0.39, 0.29) is 0 Å². The van der Waals surface area contributed by atoms with Crippen molar-refractivity contribution in [3.05, 3.63) is 23.8 Å². The Hall–Kier alpha value is -1.58. The zero-order valence-corrected chi connectivity index (χ0v) is 22.6. The highest BCUT2D eigenvalue weighted by Crippen LogP contribution is 2.67. The predicted octanol–water partition coefficient (Wildman–Crippen LogP) is 7.46. The number of urea groups is 1. The van der Waals surface area contributed by atoms with Gasteiger partial charge in [0.15, 0.2) is 0 Å². The third kappa shape index (κ3) is 4.51. The summed E-state index contributed by atoms with van der Waals surface area (Å²) >= 11 is 0. The summed E-state index contributed by atoms with van der Waals surface area (Å²) in [7, 11) is 0. The number of hydrogen-bond acceptors (Lipinski definition) is 2. The number of hydrazone groups is 1. The van der Waals surface area contributed by atoms with Gasteiger partial charge in [0.1, 0.15) is 0 Å². The molecule has 0 saturated heterocycles. The van der Waals surface area contributed by atoms with Crippen molar-refractivity contribution < 1.29 is 4.79 Å². The normalized spacial score (nSPS) is 40.4. The second-order valence-corrected chi connectivity index (χ2v) is 12.9. The van der Waals surface area contributed by atoms with Crippen LogP contribution < -0.4 is 11.2 Å². The van der Waals surface area contributed by atoms with Gasteiger partial charge in [0.05, 0.1) is 0 Å². The van der Waals surface area contributed by atoms with Crippen LogP contribution in [0.4, 0.5) is 4.79 Å². The van der Waals surface area contributed by atoms with Gasteiger partial charge in [-0.05, 0) is 104 Å². The number of primary amides is 1. The smallest absolute Gasteiger partial charge is 0.332 e. The van der Waals surface area contributed by atoms with E-state index in [1.807, 2.05) is 0 Å². The number of carbonyl (C=O) groups is 1. The van der Waals surface area contributed by atoms with Gasteiger partial charge in [-0.2, -0.15) is 5.10 Å². The molecule has 0 bridgehead atoms. The molecule has 0 unspecified atom stereocenters. The Morgan fingerprint density at radius 2 is 1.94 bits per heavy atom. The van der Waals surface area contributed by atoms with Crippen LogP contribution in [-0.2, 0) is 0 Å². The summed E-state index contributed by atoms with van der Waals surface area (Å²) in [4.78, 5) is 11.1. The van der Waals surface area contributed by atoms with Crippen molar-refractivity contribution in [2.75, 3.05) is 0 Å². The maximum atomic E-state index is 11.1. The Bertz CT molecular complexity index is 857. The molecule has 3 fully saturated rings. The molecular formula is C30H49N3O. The third-order valence-corrected chi connectivity index (χ3v) is 11.0. The largest absolute Gasteiger partial charge is 0.350 e. The minimum absolute atomic E-state index is 0.297. The van der Waals surface area contributed by atoms with Crippen molar-refractivity contribution >= 4 is 11.7 Å². The van der Waals surface area contributed by atoms with Crippen LogP contribution in [0, 0.1) is 52.3 Å². The molecular weight excluding hydrogens is 418 g/mol. The molecule has 4 rings (SSSR count). The number of fused-ring (bicyclic) bond motifs is 5. The van der Waals surface area contributed by atoms with Crippen LogP contribution in [0.2, 0.25) is 0 Å². The molecule has 0 heterocycles. The third-order valence-electron chi connectivity index (χ3n) is 11.0. The number of nitrogens with zero attached hydrogens (tertiary/aromatic N) is 1. The lowest BCUT2D eigenvalue weighted by Gasteiger charge is -2.58. The molecule has 4 aliphatic rings. The van der Waals surface area contributed by atoms with E-state index in [2.05, 4.69) is 70.3 Å². The van der Waals surface area contributed by atoms with Gasteiger partial charge in [0, 0.05) is 12.1 Å². The van der Waals surface area contributed by atoms with E-state index in [4.69, 9.17) is 5.73 Å². The van der Waals surface area contributed by atoms with Crippen molar-refractivity contribution in [2.45, 2.75) is 99.3 Å². The average Bonchev–Trinajstić information content (AvgIpc) is 3.15. The molecule has 4 nitrogen and oxygen atoms in total. The Morgan fingerprint density at radius 3 is 2.62 bits per heavy atom. The molecule has 8 atom stereocenters. The second kappa shape index (κ2) is 9.82. The highest BCUT2D eigenvalue weighted by atomic mass is 16.2. The molecule has 190 valence electrons. The fourth-order valence-electron chi connectivity index (χ4n) is 8.90. The summed E-state index contributed by atoms with van der Waals surface area (Å²) < 4.78 is 0. The zero-order valence-electron chi connectivity index (χ0n) is 22.6. The van der Waals surface area contributed by atoms with Crippen LogP contribution in [0.5, 0.6) is 0 Å². The molecule has 4 heteroatoms. The molecule has 0 aromatic carbocycles. The first-order valence-electron chi connectivity index (χ1n) is 14.1. The molecule has 3 N–H and O–H groups in total. The highest BCUT2D eigenvalue weighted by molar-refractivity contribution is 5.89. The Kier molecular flexibility index (Phi) is 7.37. The maximum absolute atomic E-state index is 11.1. The topological polar surface area (TPSA) is 67.5 Å². The number of hydrogen-bond donors (Lipinski definition) is 2. The number of amides is 2. The molecule has 0 aromatic heterocycles. The van der Waals surface area contributed by atoms with E-state index >= 15 is 0 Å². The first-order chi connectivity index (χ1) is 16.1. The van der Waals surface area contributed by atoms with Gasteiger partial charge in [-0.15, -0.1) is 0 Å². The van der Waals surface area contributed by atoms with Gasteiger partial charge in [0.2, 0.25) is 0 Å². The SMILES string of the molecule is CC[C@@H](/C=C/[C@@H](C)[C@H]1CC[C@H]2[C@@H]3CC=C4C/C(=N/NC(N)=O)CC[C@]4(C)[C@H]3CC[C@]12C)C(C)C. The van der Waals surface area contributed by atoms with Gasteiger partial charge >= 0.3 is 6.03 Å². The van der Waals surface area contributed by atoms with Gasteiger partial charge in [0.25, 0.3) is 0 Å². The molecule has 0 aliphatic heterocycles. The molecule has 4 aliphatic carbocycles. The standard InChI is InChI=1S/C30H49N3O/c1-7-21(19(2)3)9-8-20(4)25-12-13-26-24-11-10-22-18-23(32-33-28(31)34)14-16-29(22,5)27(24)15-17-30(25,26)6/h8-10,19-21,24-27H,7,11-18H2,1-6H3,(H3,31,33,34)/b9-8+,32-23+/t20-,21+,24+,25-,26+,27+,29+,30-/m1/s1. The first kappa shape index (κ1) is 25.5. The summed E-state index contributed by atoms with van der Waals surface area (Å²) in [6, 6.07) is -0.570. The summed E-state index contributed by atoms with van der Waals surface area (Å²) in [6.07, 6.45) is 18.8. The highest BCUT2D eigenvalue weighted by Gasteiger charge is 2.58. The summed E-state index contributed by atoms with van der Waals surface area (Å²) in [6.45, 7) is 14.7. The van der Waals surface area contributed by atoms with E-state index < -0.39 is 6.03 Å². The Balaban J connectivity index is 1.50. The van der Waals surface area contributed by atoms with Crippen LogP contribution in [0.15, 0.2) is 28.9 Å². The van der Waals surface area contributed by atoms with E-state index in [0.29, 0.717) is 22.7 Å². The van der Waals surface area contributed by atoms with E-state index in [1.165, 1.54) is 38.5 Å². The fourth-order valence-corrected chi connectivity index (χ4v) is 8.90. The monoisotopic (exact) mass is 467 g/mol. The minimum atomic E-state index is -0.570. The van der Waals surface area contributed by atoms with Crippen LogP contribution in [0.1, 0.15) is 99.3 Å². The quantitative estimate of drug-likeness (QED) is 0.309. The van der Waals surface area contributed by atoms with E-state index in [9.17, 15) is 4.79 Å². The predicted molar refractivity (Wildman–Crippen MR) is 142 cm³/mol. The number of carbonyl (C=O) groups excluding carboxylic acids is 1. The van der Waals surface area contributed by atoms with Crippen molar-refractivity contribution in [1.29, 1.82) is 0 Å². The lowest BCUT2D eigenvalue weighted by Crippen LogP contribution is -2.50. The Morgan fingerprint density at radius 1 is 1.18 bits per heavy atom. The van der Waals surface area contributed by atoms with Crippen molar-refractivity contribution in [3.63, 3.8) is 0 Å². The summed E-state index contributed by atoms with van der Waals surface area (Å²) in [5.74, 6) is 5.43. The average molecular weight is 468 g/mol. The summed E-state index contributed by atoms with van der Waals surface area (Å²) in [5, 5.41) is 4.29. The van der Waals surface area contributed by atoms with Crippen LogP contribution in [0.3, 0.4) is 0 Å². The molecule has 34 heavy (non-hydrogen) atoms. The lowest BCUT2D eigenvalue weighted by atomic mass is 9.47. The number of allylic oxidation sites excluding steroid dienone is 4. The van der Waals surface area contributed by atoms with Gasteiger partial charge in [-0.1, -0.05) is 65.3 Å². The molecule has 0 radical (unpaired) electrons. The van der Waals surface area contributed by atoms with Gasteiger partial charge in [-0.3, -0.25) is 0 Å². The molecule has 3 saturated carbocycles. The van der Waals surface area contributed by atoms with E-state index in [1.54, 1.807) is 5.57 Å². The fraction of sp³-hybridized carbons (Fsp3) is 0.800. The van der Waals surface area contributed by atoms with Crippen molar-refractivity contribution in [3.8, 4) is 0 Å². The summed E-state index contributed by atoms with van der Waals surface area (Å²) in [5.41, 5.74) is 11.1. The first-order valence-corrected chi connectivity index (χ1v) is 14.1. The van der Waals surface area contributed by atoms with E-state index in [0.717, 1.165) is 54.6 Å². The lowest BCUT2D eigenvalue weighted by molar-refractivity contribution is -0.0428. The van der Waals surface area contributed by atoms with Gasteiger partial charge < -0.3 is 5.73 Å². The molecule has 0 aromatic rings. The maximum Gasteiger partial charge on any atom is 0.332 e. The number of nitrogens with two attached hydrogens (primary N) is 1. The molecule has 2 amide bonds. The second-order valence-electron chi connectivity index (χ2n) is 12.9. The van der Waals surface area contributed by atoms with Crippen LogP contribution in [0.25, 0.3) is 0 Å². The zero-order chi connectivity index (χ0) is 24.7. The van der Waals surface area contributed by atoms with Crippen molar-refractivity contribution in [2.24, 2.45) is 63.1 Å².